The lowest BCUT2D eigenvalue weighted by Gasteiger charge is -2.19. The Kier molecular flexibility index (Phi) is 17.1. The van der Waals surface area contributed by atoms with Crippen LogP contribution in [0.2, 0.25) is 0 Å². The number of aliphatic hydroxyl groups is 1. The molecule has 38 heavy (non-hydrogen) atoms. The van der Waals surface area contributed by atoms with E-state index in [9.17, 15) is 26.7 Å². The summed E-state index contributed by atoms with van der Waals surface area (Å²) in [7, 11) is -10.2. The summed E-state index contributed by atoms with van der Waals surface area (Å²) in [5.41, 5.74) is 0. The van der Waals surface area contributed by atoms with Gasteiger partial charge in [0.1, 0.15) is 12.7 Å². The van der Waals surface area contributed by atoms with Gasteiger partial charge in [-0.2, -0.15) is 16.8 Å². The zero-order chi connectivity index (χ0) is 28.4. The Morgan fingerprint density at radius 1 is 0.763 bits per heavy atom. The van der Waals surface area contributed by atoms with E-state index in [2.05, 4.69) is 15.3 Å². The van der Waals surface area contributed by atoms with Crippen molar-refractivity contribution >= 4 is 26.8 Å². The van der Waals surface area contributed by atoms with Crippen molar-refractivity contribution in [2.45, 2.75) is 122 Å². The molecule has 1 heterocycles. The van der Waals surface area contributed by atoms with Crippen LogP contribution in [0.15, 0.2) is 11.5 Å². The van der Waals surface area contributed by atoms with Crippen molar-refractivity contribution in [3.05, 3.63) is 11.5 Å². The number of carbonyl (C=O) groups excluding carboxylic acids is 1. The largest absolute Gasteiger partial charge is 0.505 e. The van der Waals surface area contributed by atoms with Gasteiger partial charge < -0.3 is 14.6 Å². The minimum atomic E-state index is -5.15. The smallest absolute Gasteiger partial charge is 0.397 e. The van der Waals surface area contributed by atoms with Crippen LogP contribution in [0.25, 0.3) is 0 Å². The highest BCUT2D eigenvalue weighted by atomic mass is 32.3. The van der Waals surface area contributed by atoms with Crippen molar-refractivity contribution in [3.63, 3.8) is 0 Å². The van der Waals surface area contributed by atoms with Crippen LogP contribution in [-0.4, -0.2) is 62.4 Å². The van der Waals surface area contributed by atoms with Gasteiger partial charge in [0.15, 0.2) is 11.9 Å². The molecular formula is C24H44O12S2. The van der Waals surface area contributed by atoms with E-state index in [0.29, 0.717) is 6.42 Å². The zero-order valence-corrected chi connectivity index (χ0v) is 23.8. The molecule has 0 spiro atoms. The van der Waals surface area contributed by atoms with E-state index in [1.165, 1.54) is 77.0 Å². The summed E-state index contributed by atoms with van der Waals surface area (Å²) in [6.45, 7) is 1.13. The predicted molar refractivity (Wildman–Crippen MR) is 139 cm³/mol. The molecule has 0 aliphatic carbocycles. The van der Waals surface area contributed by atoms with Crippen molar-refractivity contribution in [1.29, 1.82) is 0 Å². The quantitative estimate of drug-likeness (QED) is 0.0783. The van der Waals surface area contributed by atoms with Gasteiger partial charge in [-0.1, -0.05) is 103 Å². The molecule has 0 saturated carbocycles. The van der Waals surface area contributed by atoms with Gasteiger partial charge in [-0.3, -0.25) is 9.11 Å². The molecule has 0 bridgehead atoms. The molecular weight excluding hydrogens is 544 g/mol. The summed E-state index contributed by atoms with van der Waals surface area (Å²) in [5, 5.41) is 10.2. The van der Waals surface area contributed by atoms with Crippen molar-refractivity contribution in [1.82, 2.24) is 0 Å². The van der Waals surface area contributed by atoms with Crippen molar-refractivity contribution in [2.24, 2.45) is 0 Å². The first kappa shape index (κ1) is 34.6. The number of carbonyl (C=O) groups is 1. The number of hydrogen-bond donors (Lipinski definition) is 3. The summed E-state index contributed by atoms with van der Waals surface area (Å²) < 4.78 is 79.5. The number of aliphatic hydroxyl groups excluding tert-OH is 1. The van der Waals surface area contributed by atoms with Crippen LogP contribution >= 0.6 is 0 Å². The van der Waals surface area contributed by atoms with Crippen LogP contribution in [0.1, 0.15) is 110 Å². The lowest BCUT2D eigenvalue weighted by atomic mass is 10.0. The first-order valence-corrected chi connectivity index (χ1v) is 16.2. The van der Waals surface area contributed by atoms with E-state index in [4.69, 9.17) is 18.6 Å². The average molecular weight is 589 g/mol. The van der Waals surface area contributed by atoms with Gasteiger partial charge in [0.2, 0.25) is 5.76 Å². The maximum atomic E-state index is 12.0. The first-order valence-electron chi connectivity index (χ1n) is 13.5. The molecule has 0 saturated heterocycles. The molecule has 0 radical (unpaired) electrons. The number of ether oxygens (including phenoxy) is 2. The van der Waals surface area contributed by atoms with Gasteiger partial charge in [0, 0.05) is 0 Å². The van der Waals surface area contributed by atoms with Gasteiger partial charge in [0.25, 0.3) is 0 Å². The normalized spacial score (nSPS) is 17.1. The maximum Gasteiger partial charge on any atom is 0.397 e. The standard InChI is InChI=1S/C24H44O12S2/c1-2-3-4-5-6-7-8-9-10-11-12-13-14-15-16-17-18-33-23-21(25)22(35-24(23)26)20(36-38(30,31)32)19-34-37(27,28)29/h20,22,25H,2-19H2,1H3,(H,27,28,29)(H,30,31,32). The second-order valence-corrected chi connectivity index (χ2v) is 11.6. The van der Waals surface area contributed by atoms with E-state index in [-0.39, 0.29) is 6.61 Å². The molecule has 1 aliphatic heterocycles. The average Bonchev–Trinajstić information content (AvgIpc) is 3.10. The molecule has 224 valence electrons. The molecule has 0 amide bonds. The van der Waals surface area contributed by atoms with Crippen LogP contribution in [0.3, 0.4) is 0 Å². The molecule has 0 aromatic carbocycles. The Hall–Kier alpha value is -1.45. The number of unbranched alkanes of at least 4 members (excludes halogenated alkanes) is 15. The minimum absolute atomic E-state index is 0.0883. The second-order valence-electron chi connectivity index (χ2n) is 9.47. The molecule has 2 unspecified atom stereocenters. The third-order valence-electron chi connectivity index (χ3n) is 6.13. The fourth-order valence-corrected chi connectivity index (χ4v) is 4.92. The molecule has 1 rings (SSSR count). The Bertz CT molecular complexity index is 915. The highest BCUT2D eigenvalue weighted by molar-refractivity contribution is 7.81. The third-order valence-corrected chi connectivity index (χ3v) is 7.05. The molecule has 0 aromatic rings. The number of esters is 1. The highest BCUT2D eigenvalue weighted by Crippen LogP contribution is 2.27. The summed E-state index contributed by atoms with van der Waals surface area (Å²) >= 11 is 0. The lowest BCUT2D eigenvalue weighted by molar-refractivity contribution is -0.147. The van der Waals surface area contributed by atoms with E-state index < -0.39 is 57.1 Å². The fraction of sp³-hybridized carbons (Fsp3) is 0.875. The summed E-state index contributed by atoms with van der Waals surface area (Å²) in [6.07, 6.45) is 15.3. The Labute approximate surface area is 227 Å². The van der Waals surface area contributed by atoms with E-state index >= 15 is 0 Å². The third kappa shape index (κ3) is 16.5. The molecule has 0 aromatic heterocycles. The summed E-state index contributed by atoms with van der Waals surface area (Å²) in [6, 6.07) is 0. The second kappa shape index (κ2) is 18.8. The Balaban J connectivity index is 2.22. The Morgan fingerprint density at radius 3 is 1.63 bits per heavy atom. The van der Waals surface area contributed by atoms with Crippen molar-refractivity contribution < 1.29 is 53.7 Å². The number of cyclic esters (lactones) is 1. The summed E-state index contributed by atoms with van der Waals surface area (Å²) in [5.74, 6) is -2.55. The molecule has 2 atom stereocenters. The SMILES string of the molecule is CCCCCCCCCCCCCCCCCCOC1=C(O)C(C(COS(=O)(=O)O)OS(=O)(=O)O)OC1=O. The minimum Gasteiger partial charge on any atom is -0.505 e. The molecule has 0 fully saturated rings. The van der Waals surface area contributed by atoms with Crippen LogP contribution < -0.4 is 0 Å². The van der Waals surface area contributed by atoms with E-state index in [1.807, 2.05) is 0 Å². The topological polar surface area (TPSA) is 183 Å². The maximum absolute atomic E-state index is 12.0. The first-order chi connectivity index (χ1) is 17.9. The van der Waals surface area contributed by atoms with Crippen LogP contribution in [0.4, 0.5) is 0 Å². The van der Waals surface area contributed by atoms with Crippen molar-refractivity contribution in [2.75, 3.05) is 13.2 Å². The van der Waals surface area contributed by atoms with Gasteiger partial charge in [0.05, 0.1) is 6.61 Å². The monoisotopic (exact) mass is 588 g/mol. The molecule has 1 aliphatic rings. The van der Waals surface area contributed by atoms with Crippen molar-refractivity contribution in [3.8, 4) is 0 Å². The van der Waals surface area contributed by atoms with Gasteiger partial charge in [-0.25, -0.2) is 13.2 Å². The van der Waals surface area contributed by atoms with Gasteiger partial charge in [-0.05, 0) is 6.42 Å². The predicted octanol–water partition coefficient (Wildman–Crippen LogP) is 4.97. The van der Waals surface area contributed by atoms with Gasteiger partial charge >= 0.3 is 26.8 Å². The van der Waals surface area contributed by atoms with E-state index in [0.717, 1.165) is 19.3 Å². The van der Waals surface area contributed by atoms with Gasteiger partial charge in [-0.15, -0.1) is 0 Å². The molecule has 12 nitrogen and oxygen atoms in total. The number of rotatable bonds is 24. The highest BCUT2D eigenvalue weighted by Gasteiger charge is 2.44. The molecule has 14 heteroatoms. The van der Waals surface area contributed by atoms with Crippen LogP contribution in [-0.2, 0) is 43.4 Å². The van der Waals surface area contributed by atoms with Crippen LogP contribution in [0, 0.1) is 0 Å². The fourth-order valence-electron chi connectivity index (χ4n) is 4.14. The summed E-state index contributed by atoms with van der Waals surface area (Å²) in [4.78, 5) is 12.0. The van der Waals surface area contributed by atoms with E-state index in [1.54, 1.807) is 0 Å². The van der Waals surface area contributed by atoms with Crippen LogP contribution in [0.5, 0.6) is 0 Å². The number of hydrogen-bond acceptors (Lipinski definition) is 10. The zero-order valence-electron chi connectivity index (χ0n) is 22.2. The Morgan fingerprint density at radius 2 is 1.21 bits per heavy atom. The molecule has 3 N–H and O–H groups in total. The lowest BCUT2D eigenvalue weighted by Crippen LogP contribution is -2.37.